The molecule has 0 saturated heterocycles. The van der Waals surface area contributed by atoms with Crippen molar-refractivity contribution >= 4 is 11.8 Å². The molecule has 13 heavy (non-hydrogen) atoms. The van der Waals surface area contributed by atoms with Gasteiger partial charge in [0.2, 0.25) is 0 Å². The highest BCUT2D eigenvalue weighted by Crippen LogP contribution is 2.32. The minimum absolute atomic E-state index is 0.180. The van der Waals surface area contributed by atoms with Crippen LogP contribution in [0.5, 0.6) is 0 Å². The molecule has 0 amide bonds. The van der Waals surface area contributed by atoms with Crippen molar-refractivity contribution in [2.24, 2.45) is 0 Å². The molecule has 0 spiro atoms. The monoisotopic (exact) mass is 188 g/mol. The van der Waals surface area contributed by atoms with Gasteiger partial charge in [0.15, 0.2) is 0 Å². The van der Waals surface area contributed by atoms with E-state index in [1.54, 1.807) is 11.8 Å². The standard InChI is InChI=1S/C10H8N2S/c1-7-3-9(4-8(2)13-7)10(5-11)6-12/h3-4H,1-2H3. The second-order valence-corrected chi connectivity index (χ2v) is 4.16. The maximum Gasteiger partial charge on any atom is 0.136 e. The first-order valence-electron chi connectivity index (χ1n) is 3.76. The third kappa shape index (κ3) is 2.24. The van der Waals surface area contributed by atoms with Crippen LogP contribution in [-0.2, 0) is 0 Å². The third-order valence-corrected chi connectivity index (χ3v) is 2.43. The van der Waals surface area contributed by atoms with Crippen LogP contribution in [-0.4, -0.2) is 0 Å². The van der Waals surface area contributed by atoms with Crippen LogP contribution in [0.2, 0.25) is 0 Å². The Labute approximate surface area is 81.9 Å². The fourth-order valence-electron chi connectivity index (χ4n) is 1.09. The van der Waals surface area contributed by atoms with E-state index < -0.39 is 0 Å². The van der Waals surface area contributed by atoms with Gasteiger partial charge in [-0.25, -0.2) is 0 Å². The lowest BCUT2D eigenvalue weighted by Gasteiger charge is -2.09. The molecule has 2 nitrogen and oxygen atoms in total. The number of thioether (sulfide) groups is 1. The second-order valence-electron chi connectivity index (χ2n) is 2.67. The number of nitrogens with zero attached hydrogens (tertiary/aromatic N) is 2. The molecule has 1 aliphatic heterocycles. The fraction of sp³-hybridized carbons (Fsp3) is 0.200. The summed E-state index contributed by atoms with van der Waals surface area (Å²) < 4.78 is 0. The Balaban J connectivity index is 3.21. The molecule has 0 saturated carbocycles. The average Bonchev–Trinajstić information content (AvgIpc) is 2.04. The second kappa shape index (κ2) is 3.98. The minimum Gasteiger partial charge on any atom is -0.192 e. The number of allylic oxidation sites excluding steroid dienone is 6. The topological polar surface area (TPSA) is 47.6 Å². The molecule has 0 atom stereocenters. The van der Waals surface area contributed by atoms with Crippen LogP contribution in [0.4, 0.5) is 0 Å². The van der Waals surface area contributed by atoms with Crippen molar-refractivity contribution in [3.8, 4) is 12.1 Å². The number of nitriles is 2. The van der Waals surface area contributed by atoms with Crippen molar-refractivity contribution in [2.75, 3.05) is 0 Å². The van der Waals surface area contributed by atoms with Crippen molar-refractivity contribution in [1.29, 1.82) is 10.5 Å². The van der Waals surface area contributed by atoms with Gasteiger partial charge in [0.1, 0.15) is 17.7 Å². The van der Waals surface area contributed by atoms with Crippen LogP contribution < -0.4 is 0 Å². The third-order valence-electron chi connectivity index (χ3n) is 1.55. The van der Waals surface area contributed by atoms with Gasteiger partial charge in [-0.3, -0.25) is 0 Å². The van der Waals surface area contributed by atoms with Gasteiger partial charge < -0.3 is 0 Å². The number of rotatable bonds is 0. The summed E-state index contributed by atoms with van der Waals surface area (Å²) in [4.78, 5) is 2.22. The predicted octanol–water partition coefficient (Wildman–Crippen LogP) is 2.88. The maximum absolute atomic E-state index is 8.66. The first-order chi connectivity index (χ1) is 6.17. The summed E-state index contributed by atoms with van der Waals surface area (Å²) in [7, 11) is 0. The van der Waals surface area contributed by atoms with E-state index in [1.807, 2.05) is 38.1 Å². The minimum atomic E-state index is 0.180. The molecule has 64 valence electrons. The fourth-order valence-corrected chi connectivity index (χ4v) is 1.97. The molecule has 0 aromatic heterocycles. The molecule has 1 heterocycles. The highest BCUT2D eigenvalue weighted by molar-refractivity contribution is 8.06. The predicted molar refractivity (Wildman–Crippen MR) is 53.4 cm³/mol. The van der Waals surface area contributed by atoms with Gasteiger partial charge in [0.25, 0.3) is 0 Å². The Bertz CT molecular complexity index is 364. The van der Waals surface area contributed by atoms with Gasteiger partial charge in [-0.05, 0) is 35.8 Å². The van der Waals surface area contributed by atoms with Crippen molar-refractivity contribution in [1.82, 2.24) is 0 Å². The van der Waals surface area contributed by atoms with Crippen molar-refractivity contribution in [2.45, 2.75) is 13.8 Å². The van der Waals surface area contributed by atoms with Crippen molar-refractivity contribution in [3.05, 3.63) is 33.1 Å². The molecule has 3 heteroatoms. The van der Waals surface area contributed by atoms with Crippen LogP contribution >= 0.6 is 11.8 Å². The summed E-state index contributed by atoms with van der Waals surface area (Å²) in [5.41, 5.74) is 0.901. The quantitative estimate of drug-likeness (QED) is 0.549. The Morgan fingerprint density at radius 3 is 2.00 bits per heavy atom. The van der Waals surface area contributed by atoms with E-state index in [-0.39, 0.29) is 5.57 Å². The SMILES string of the molecule is CC1=CC(=C(C#N)C#N)C=C(C)S1. The Morgan fingerprint density at radius 2 is 1.62 bits per heavy atom. The summed E-state index contributed by atoms with van der Waals surface area (Å²) in [6.07, 6.45) is 3.72. The van der Waals surface area contributed by atoms with Gasteiger partial charge in [-0.1, -0.05) is 11.8 Å². The van der Waals surface area contributed by atoms with E-state index in [0.29, 0.717) is 0 Å². The zero-order chi connectivity index (χ0) is 9.84. The van der Waals surface area contributed by atoms with E-state index in [2.05, 4.69) is 0 Å². The number of hydrogen-bond donors (Lipinski definition) is 0. The van der Waals surface area contributed by atoms with Crippen LogP contribution in [0.1, 0.15) is 13.8 Å². The highest BCUT2D eigenvalue weighted by atomic mass is 32.2. The lowest BCUT2D eigenvalue weighted by Crippen LogP contribution is -1.88. The van der Waals surface area contributed by atoms with Crippen LogP contribution in [0, 0.1) is 22.7 Å². The van der Waals surface area contributed by atoms with E-state index in [4.69, 9.17) is 10.5 Å². The highest BCUT2D eigenvalue weighted by Gasteiger charge is 2.07. The van der Waals surface area contributed by atoms with Crippen LogP contribution in [0.15, 0.2) is 33.1 Å². The van der Waals surface area contributed by atoms with E-state index >= 15 is 0 Å². The van der Waals surface area contributed by atoms with Crippen molar-refractivity contribution in [3.63, 3.8) is 0 Å². The zero-order valence-corrected chi connectivity index (χ0v) is 8.27. The smallest absolute Gasteiger partial charge is 0.136 e. The molecular weight excluding hydrogens is 180 g/mol. The molecule has 0 N–H and O–H groups in total. The normalized spacial score (nSPS) is 15.2. The lowest BCUT2D eigenvalue weighted by molar-refractivity contribution is 1.42. The summed E-state index contributed by atoms with van der Waals surface area (Å²) >= 11 is 1.65. The van der Waals surface area contributed by atoms with Gasteiger partial charge in [-0.2, -0.15) is 10.5 Å². The first kappa shape index (κ1) is 9.64. The molecular formula is C10H8N2S. The summed E-state index contributed by atoms with van der Waals surface area (Å²) in [5.74, 6) is 0. The summed E-state index contributed by atoms with van der Waals surface area (Å²) in [6.45, 7) is 3.93. The maximum atomic E-state index is 8.66. The van der Waals surface area contributed by atoms with Gasteiger partial charge in [0, 0.05) is 5.57 Å². The molecule has 0 aromatic carbocycles. The Kier molecular flexibility index (Phi) is 2.95. The van der Waals surface area contributed by atoms with E-state index in [1.165, 1.54) is 0 Å². The van der Waals surface area contributed by atoms with Crippen LogP contribution in [0.3, 0.4) is 0 Å². The largest absolute Gasteiger partial charge is 0.192 e. The molecule has 0 aromatic rings. The van der Waals surface area contributed by atoms with Gasteiger partial charge >= 0.3 is 0 Å². The Hall–Kier alpha value is -1.45. The molecule has 1 rings (SSSR count). The van der Waals surface area contributed by atoms with Gasteiger partial charge in [-0.15, -0.1) is 0 Å². The molecule has 0 unspecified atom stereocenters. The molecule has 0 bridgehead atoms. The number of hydrogen-bond acceptors (Lipinski definition) is 3. The van der Waals surface area contributed by atoms with E-state index in [9.17, 15) is 0 Å². The molecule has 0 aliphatic carbocycles. The molecule has 0 fully saturated rings. The van der Waals surface area contributed by atoms with E-state index in [0.717, 1.165) is 15.4 Å². The summed E-state index contributed by atoms with van der Waals surface area (Å²) in [5, 5.41) is 17.3. The first-order valence-corrected chi connectivity index (χ1v) is 4.58. The zero-order valence-electron chi connectivity index (χ0n) is 7.46. The van der Waals surface area contributed by atoms with Gasteiger partial charge in [0.05, 0.1) is 0 Å². The lowest BCUT2D eigenvalue weighted by atomic mass is 10.1. The molecule has 0 radical (unpaired) electrons. The summed E-state index contributed by atoms with van der Waals surface area (Å²) in [6, 6.07) is 3.77. The Morgan fingerprint density at radius 1 is 1.15 bits per heavy atom. The average molecular weight is 188 g/mol. The van der Waals surface area contributed by atoms with Crippen molar-refractivity contribution < 1.29 is 0 Å². The van der Waals surface area contributed by atoms with Crippen LogP contribution in [0.25, 0.3) is 0 Å². The molecule has 1 aliphatic rings.